The first-order valence-electron chi connectivity index (χ1n) is 7.43. The Labute approximate surface area is 135 Å². The van der Waals surface area contributed by atoms with Gasteiger partial charge in [0.25, 0.3) is 0 Å². The third kappa shape index (κ3) is 5.76. The van der Waals surface area contributed by atoms with Crippen LogP contribution in [0.2, 0.25) is 0 Å². The molecule has 6 heteroatoms. The molecule has 0 unspecified atom stereocenters. The molecule has 1 atom stereocenters. The molecule has 2 fully saturated rings. The topological polar surface area (TPSA) is 49.6 Å². The van der Waals surface area contributed by atoms with E-state index in [0.717, 1.165) is 32.1 Å². The van der Waals surface area contributed by atoms with Gasteiger partial charge in [-0.25, -0.2) is 0 Å². The lowest BCUT2D eigenvalue weighted by Gasteiger charge is -2.37. The average molecular weight is 326 g/mol. The molecule has 1 aliphatic heterocycles. The molecular weight excluding hydrogens is 297 g/mol. The van der Waals surface area contributed by atoms with Crippen molar-refractivity contribution in [1.29, 1.82) is 0 Å². The van der Waals surface area contributed by atoms with Gasteiger partial charge in [-0.2, -0.15) is 0 Å². The first kappa shape index (κ1) is 20.0. The van der Waals surface area contributed by atoms with Gasteiger partial charge in [0.2, 0.25) is 5.91 Å². The van der Waals surface area contributed by atoms with Gasteiger partial charge in [0.05, 0.1) is 6.04 Å². The largest absolute Gasteiger partial charge is 0.339 e. The van der Waals surface area contributed by atoms with Gasteiger partial charge >= 0.3 is 0 Å². The number of nitrogens with zero attached hydrogens (tertiary/aromatic N) is 2. The Morgan fingerprint density at radius 2 is 1.65 bits per heavy atom. The monoisotopic (exact) mass is 325 g/mol. The molecule has 0 spiro atoms. The second kappa shape index (κ2) is 9.82. The van der Waals surface area contributed by atoms with Gasteiger partial charge in [0.1, 0.15) is 0 Å². The molecule has 1 saturated carbocycles. The molecule has 2 aliphatic rings. The van der Waals surface area contributed by atoms with E-state index in [-0.39, 0.29) is 36.8 Å². The third-order valence-corrected chi connectivity index (χ3v) is 4.31. The fourth-order valence-electron chi connectivity index (χ4n) is 3.17. The number of carbonyl (C=O) groups is 1. The lowest BCUT2D eigenvalue weighted by Crippen LogP contribution is -2.53. The highest BCUT2D eigenvalue weighted by molar-refractivity contribution is 5.85. The molecule has 1 aliphatic carbocycles. The Hall–Kier alpha value is -0.0300. The van der Waals surface area contributed by atoms with E-state index in [1.165, 1.54) is 38.6 Å². The Morgan fingerprint density at radius 1 is 1.10 bits per heavy atom. The molecule has 0 aromatic rings. The van der Waals surface area contributed by atoms with Crippen molar-refractivity contribution in [3.05, 3.63) is 0 Å². The fourth-order valence-corrected chi connectivity index (χ4v) is 3.17. The molecule has 0 aromatic carbocycles. The lowest BCUT2D eigenvalue weighted by atomic mass is 9.89. The van der Waals surface area contributed by atoms with Gasteiger partial charge in [-0.3, -0.25) is 9.69 Å². The van der Waals surface area contributed by atoms with Crippen LogP contribution in [0.4, 0.5) is 0 Å². The summed E-state index contributed by atoms with van der Waals surface area (Å²) in [6, 6.07) is -0.352. The maximum absolute atomic E-state index is 11.8. The molecule has 4 nitrogen and oxygen atoms in total. The molecule has 1 saturated heterocycles. The minimum atomic E-state index is -0.352. The van der Waals surface area contributed by atoms with Crippen molar-refractivity contribution in [2.75, 3.05) is 32.7 Å². The van der Waals surface area contributed by atoms with Crippen LogP contribution < -0.4 is 5.73 Å². The first-order valence-corrected chi connectivity index (χ1v) is 7.43. The second-order valence-electron chi connectivity index (χ2n) is 5.92. The van der Waals surface area contributed by atoms with E-state index in [1.54, 1.807) is 6.92 Å². The summed E-state index contributed by atoms with van der Waals surface area (Å²) in [5.74, 6) is 1.00. The summed E-state index contributed by atoms with van der Waals surface area (Å²) in [5.41, 5.74) is 5.65. The van der Waals surface area contributed by atoms with Crippen LogP contribution in [0, 0.1) is 5.92 Å². The standard InChI is InChI=1S/C14H27N3O.2ClH/c1-12(15)14(18)17-9-7-16(8-10-17)11-13-5-3-2-4-6-13;;/h12-13H,2-11,15H2,1H3;2*1H/t12-;;/m1../s1. The van der Waals surface area contributed by atoms with Crippen molar-refractivity contribution < 1.29 is 4.79 Å². The second-order valence-corrected chi connectivity index (χ2v) is 5.92. The molecule has 120 valence electrons. The van der Waals surface area contributed by atoms with E-state index < -0.39 is 0 Å². The molecule has 20 heavy (non-hydrogen) atoms. The zero-order valence-corrected chi connectivity index (χ0v) is 14.1. The molecular formula is C14H29Cl2N3O. The molecule has 0 aromatic heterocycles. The Morgan fingerprint density at radius 3 is 2.15 bits per heavy atom. The molecule has 1 amide bonds. The van der Waals surface area contributed by atoms with E-state index >= 15 is 0 Å². The number of halogens is 2. The van der Waals surface area contributed by atoms with Crippen LogP contribution in [0.3, 0.4) is 0 Å². The zero-order valence-electron chi connectivity index (χ0n) is 12.4. The predicted molar refractivity (Wildman–Crippen MR) is 87.7 cm³/mol. The van der Waals surface area contributed by atoms with Crippen LogP contribution in [-0.4, -0.2) is 54.5 Å². The van der Waals surface area contributed by atoms with Gasteiger partial charge in [-0.1, -0.05) is 19.3 Å². The summed E-state index contributed by atoms with van der Waals surface area (Å²) in [6.45, 7) is 6.76. The Balaban J connectivity index is 0.00000180. The summed E-state index contributed by atoms with van der Waals surface area (Å²) in [6.07, 6.45) is 7.05. The van der Waals surface area contributed by atoms with Gasteiger partial charge in [0, 0.05) is 32.7 Å². The highest BCUT2D eigenvalue weighted by Gasteiger charge is 2.24. The average Bonchev–Trinajstić information content (AvgIpc) is 2.40. The SMILES string of the molecule is C[C@@H](N)C(=O)N1CCN(CC2CCCCC2)CC1.Cl.Cl. The number of hydrogen-bond acceptors (Lipinski definition) is 3. The number of rotatable bonds is 3. The van der Waals surface area contributed by atoms with E-state index in [1.807, 2.05) is 4.90 Å². The van der Waals surface area contributed by atoms with Crippen molar-refractivity contribution in [3.63, 3.8) is 0 Å². The van der Waals surface area contributed by atoms with Crippen LogP contribution in [0.1, 0.15) is 39.0 Å². The minimum absolute atomic E-state index is 0. The lowest BCUT2D eigenvalue weighted by molar-refractivity contribution is -0.134. The summed E-state index contributed by atoms with van der Waals surface area (Å²) >= 11 is 0. The van der Waals surface area contributed by atoms with Crippen molar-refractivity contribution in [2.45, 2.75) is 45.1 Å². The maximum Gasteiger partial charge on any atom is 0.239 e. The molecule has 0 radical (unpaired) electrons. The quantitative estimate of drug-likeness (QED) is 0.862. The van der Waals surface area contributed by atoms with E-state index in [0.29, 0.717) is 0 Å². The van der Waals surface area contributed by atoms with E-state index in [4.69, 9.17) is 5.73 Å². The highest BCUT2D eigenvalue weighted by atomic mass is 35.5. The van der Waals surface area contributed by atoms with Gasteiger partial charge < -0.3 is 10.6 Å². The molecule has 2 N–H and O–H groups in total. The summed E-state index contributed by atoms with van der Waals surface area (Å²) < 4.78 is 0. The van der Waals surface area contributed by atoms with Crippen molar-refractivity contribution in [3.8, 4) is 0 Å². The number of nitrogens with two attached hydrogens (primary N) is 1. The number of hydrogen-bond donors (Lipinski definition) is 1. The van der Waals surface area contributed by atoms with Crippen LogP contribution in [0.5, 0.6) is 0 Å². The minimum Gasteiger partial charge on any atom is -0.339 e. The summed E-state index contributed by atoms with van der Waals surface area (Å²) in [7, 11) is 0. The third-order valence-electron chi connectivity index (χ3n) is 4.31. The van der Waals surface area contributed by atoms with Crippen molar-refractivity contribution in [1.82, 2.24) is 9.80 Å². The maximum atomic E-state index is 11.8. The number of piperazine rings is 1. The van der Waals surface area contributed by atoms with Crippen LogP contribution >= 0.6 is 24.8 Å². The van der Waals surface area contributed by atoms with Gasteiger partial charge in [0.15, 0.2) is 0 Å². The fraction of sp³-hybridized carbons (Fsp3) is 0.929. The number of amides is 1. The Kier molecular flexibility index (Phi) is 9.81. The van der Waals surface area contributed by atoms with Crippen molar-refractivity contribution in [2.24, 2.45) is 11.7 Å². The van der Waals surface area contributed by atoms with Gasteiger partial charge in [-0.05, 0) is 25.7 Å². The van der Waals surface area contributed by atoms with Crippen molar-refractivity contribution >= 4 is 30.7 Å². The smallest absolute Gasteiger partial charge is 0.239 e. The summed E-state index contributed by atoms with van der Waals surface area (Å²) in [5, 5.41) is 0. The normalized spacial score (nSPS) is 22.6. The first-order chi connectivity index (χ1) is 8.66. The zero-order chi connectivity index (χ0) is 13.0. The van der Waals surface area contributed by atoms with E-state index in [2.05, 4.69) is 4.90 Å². The molecule has 0 bridgehead atoms. The van der Waals surface area contributed by atoms with Gasteiger partial charge in [-0.15, -0.1) is 24.8 Å². The van der Waals surface area contributed by atoms with E-state index in [9.17, 15) is 4.79 Å². The Bertz CT molecular complexity index is 276. The van der Waals surface area contributed by atoms with Crippen LogP contribution in [0.25, 0.3) is 0 Å². The van der Waals surface area contributed by atoms with Crippen LogP contribution in [0.15, 0.2) is 0 Å². The predicted octanol–water partition coefficient (Wildman–Crippen LogP) is 1.90. The molecule has 1 heterocycles. The van der Waals surface area contributed by atoms with Crippen LogP contribution in [-0.2, 0) is 4.79 Å². The number of carbonyl (C=O) groups excluding carboxylic acids is 1. The summed E-state index contributed by atoms with van der Waals surface area (Å²) in [4.78, 5) is 16.2. The highest BCUT2D eigenvalue weighted by Crippen LogP contribution is 2.24. The molecule has 2 rings (SSSR count).